The maximum Gasteiger partial charge on any atom is 0.573 e. The fourth-order valence-corrected chi connectivity index (χ4v) is 3.12. The number of benzene rings is 2. The lowest BCUT2D eigenvalue weighted by Crippen LogP contribution is -2.49. The highest BCUT2D eigenvalue weighted by Gasteiger charge is 2.32. The van der Waals surface area contributed by atoms with Crippen molar-refractivity contribution in [2.45, 2.75) is 38.6 Å². The van der Waals surface area contributed by atoms with E-state index in [0.717, 1.165) is 43.7 Å². The van der Waals surface area contributed by atoms with Gasteiger partial charge in [-0.1, -0.05) is 19.4 Å². The van der Waals surface area contributed by atoms with Crippen molar-refractivity contribution < 1.29 is 37.2 Å². The molecule has 4 N–H and O–H groups in total. The number of aryl methyl sites for hydroxylation is 1. The minimum atomic E-state index is -4.85. The van der Waals surface area contributed by atoms with Crippen LogP contribution < -0.4 is 30.7 Å². The predicted octanol–water partition coefficient (Wildman–Crippen LogP) is 2.20. The fourth-order valence-electron chi connectivity index (χ4n) is 3.12. The Morgan fingerprint density at radius 2 is 1.89 bits per heavy atom. The molecule has 0 saturated carbocycles. The fraction of sp³-hybridized carbons (Fsp3) is 0.391. The molecule has 8 nitrogen and oxygen atoms in total. The lowest BCUT2D eigenvalue weighted by atomic mass is 9.81. The summed E-state index contributed by atoms with van der Waals surface area (Å²) in [6.07, 6.45) is -3.33. The van der Waals surface area contributed by atoms with Gasteiger partial charge in [-0.15, -0.1) is 13.2 Å². The van der Waals surface area contributed by atoms with E-state index in [0.29, 0.717) is 11.9 Å². The minimum absolute atomic E-state index is 0.0223. The molecule has 0 saturated heterocycles. The number of rotatable bonds is 12. The molecule has 187 valence electrons. The molecule has 35 heavy (non-hydrogen) atoms. The van der Waals surface area contributed by atoms with Gasteiger partial charge in [0.05, 0.1) is 6.07 Å². The number of hydrogen-bond acceptors (Lipinski definition) is 7. The zero-order valence-electron chi connectivity index (χ0n) is 19.3. The minimum Gasteiger partial charge on any atom is -0.489 e. The number of nitriles is 1. The van der Waals surface area contributed by atoms with Crippen LogP contribution in [-0.2, 0) is 6.42 Å². The van der Waals surface area contributed by atoms with Crippen LogP contribution in [0.2, 0.25) is 0 Å². The molecule has 0 bridgehead atoms. The quantitative estimate of drug-likeness (QED) is 0.388. The standard InChI is InChI=1S/C23H26BF3N3O5/c1-3-4-15-7-10-18(20(19(15)24-32)33-12-11-28)34-14-22(2,13-29)30-21(31)16-5-8-17(9-6-16)35-23(25,26)27/h5-10,32H,3-4,11-12,14,28H2,1-2H3,(H,30,31). The summed E-state index contributed by atoms with van der Waals surface area (Å²) < 4.78 is 52.2. The van der Waals surface area contributed by atoms with Crippen LogP contribution in [0.1, 0.15) is 36.2 Å². The Morgan fingerprint density at radius 3 is 2.43 bits per heavy atom. The molecule has 12 heteroatoms. The number of nitrogens with one attached hydrogen (secondary N) is 1. The van der Waals surface area contributed by atoms with Crippen molar-refractivity contribution in [1.29, 1.82) is 5.26 Å². The molecular weight excluding hydrogens is 466 g/mol. The van der Waals surface area contributed by atoms with E-state index in [1.165, 1.54) is 6.92 Å². The molecular formula is C23H26BF3N3O5. The number of halogens is 3. The average Bonchev–Trinajstić information content (AvgIpc) is 2.81. The van der Waals surface area contributed by atoms with Gasteiger partial charge in [0.15, 0.2) is 17.0 Å². The van der Waals surface area contributed by atoms with Crippen LogP contribution in [0.5, 0.6) is 17.2 Å². The van der Waals surface area contributed by atoms with E-state index < -0.39 is 23.6 Å². The Morgan fingerprint density at radius 1 is 1.20 bits per heavy atom. The zero-order chi connectivity index (χ0) is 26.1. The molecule has 2 aromatic rings. The Bertz CT molecular complexity index is 1040. The second kappa shape index (κ2) is 12.3. The number of nitrogens with two attached hydrogens (primary N) is 1. The molecule has 0 spiro atoms. The number of amides is 1. The van der Waals surface area contributed by atoms with Gasteiger partial charge in [-0.3, -0.25) is 4.79 Å². The first kappa shape index (κ1) is 27.8. The van der Waals surface area contributed by atoms with Crippen LogP contribution in [0, 0.1) is 11.3 Å². The monoisotopic (exact) mass is 492 g/mol. The number of carbonyl (C=O) groups is 1. The van der Waals surface area contributed by atoms with Crippen molar-refractivity contribution in [3.63, 3.8) is 0 Å². The molecule has 0 aliphatic rings. The second-order valence-corrected chi connectivity index (χ2v) is 7.74. The van der Waals surface area contributed by atoms with Gasteiger partial charge in [-0.25, -0.2) is 0 Å². The van der Waals surface area contributed by atoms with E-state index in [1.807, 2.05) is 13.0 Å². The maximum absolute atomic E-state index is 12.6. The van der Waals surface area contributed by atoms with Crippen molar-refractivity contribution in [3.8, 4) is 23.3 Å². The molecule has 2 rings (SSSR count). The predicted molar refractivity (Wildman–Crippen MR) is 123 cm³/mol. The van der Waals surface area contributed by atoms with Crippen LogP contribution in [0.15, 0.2) is 36.4 Å². The SMILES string of the molecule is CCCc1ccc(OCC(C)(C#N)NC(=O)c2ccc(OC(F)(F)F)cc2)c(OCCN)c1[B]O. The van der Waals surface area contributed by atoms with Crippen LogP contribution in [0.4, 0.5) is 13.2 Å². The first-order valence-electron chi connectivity index (χ1n) is 10.7. The number of carbonyl (C=O) groups excluding carboxylic acids is 1. The van der Waals surface area contributed by atoms with E-state index in [9.17, 15) is 28.3 Å². The smallest absolute Gasteiger partial charge is 0.489 e. The number of hydrogen-bond donors (Lipinski definition) is 3. The molecule has 1 atom stereocenters. The topological polar surface area (TPSA) is 127 Å². The van der Waals surface area contributed by atoms with Gasteiger partial charge in [-0.05, 0) is 54.7 Å². The zero-order valence-corrected chi connectivity index (χ0v) is 19.3. The van der Waals surface area contributed by atoms with Crippen LogP contribution in [0.3, 0.4) is 0 Å². The van der Waals surface area contributed by atoms with E-state index in [4.69, 9.17) is 15.2 Å². The summed E-state index contributed by atoms with van der Waals surface area (Å²) in [6.45, 7) is 3.51. The molecule has 1 amide bonds. The van der Waals surface area contributed by atoms with E-state index in [-0.39, 0.29) is 36.8 Å². The normalized spacial score (nSPS) is 12.7. The molecule has 0 fully saturated rings. The molecule has 1 unspecified atom stereocenters. The maximum atomic E-state index is 12.6. The second-order valence-electron chi connectivity index (χ2n) is 7.74. The summed E-state index contributed by atoms with van der Waals surface area (Å²) in [5.41, 5.74) is 5.32. The lowest BCUT2D eigenvalue weighted by Gasteiger charge is -2.25. The highest BCUT2D eigenvalue weighted by Crippen LogP contribution is 2.28. The van der Waals surface area contributed by atoms with Crippen molar-refractivity contribution in [2.24, 2.45) is 5.73 Å². The van der Waals surface area contributed by atoms with Gasteiger partial charge in [0.25, 0.3) is 5.91 Å². The third kappa shape index (κ3) is 8.08. The number of ether oxygens (including phenoxy) is 3. The van der Waals surface area contributed by atoms with Gasteiger partial charge in [0.2, 0.25) is 0 Å². The third-order valence-corrected chi connectivity index (χ3v) is 4.77. The first-order valence-corrected chi connectivity index (χ1v) is 10.7. The van der Waals surface area contributed by atoms with Crippen molar-refractivity contribution in [2.75, 3.05) is 19.8 Å². The van der Waals surface area contributed by atoms with Gasteiger partial charge in [0, 0.05) is 12.1 Å². The highest BCUT2D eigenvalue weighted by atomic mass is 19.4. The van der Waals surface area contributed by atoms with Crippen molar-refractivity contribution >= 4 is 18.9 Å². The summed E-state index contributed by atoms with van der Waals surface area (Å²) in [7, 11) is 0.918. The largest absolute Gasteiger partial charge is 0.573 e. The van der Waals surface area contributed by atoms with Crippen molar-refractivity contribution in [1.82, 2.24) is 5.32 Å². The summed E-state index contributed by atoms with van der Waals surface area (Å²) in [5.74, 6) is -0.675. The van der Waals surface area contributed by atoms with Crippen LogP contribution in [-0.4, -0.2) is 50.1 Å². The van der Waals surface area contributed by atoms with Crippen LogP contribution in [0.25, 0.3) is 0 Å². The molecule has 2 aromatic carbocycles. The van der Waals surface area contributed by atoms with E-state index in [1.54, 1.807) is 12.1 Å². The van der Waals surface area contributed by atoms with Gasteiger partial charge >= 0.3 is 13.8 Å². The Labute approximate surface area is 202 Å². The summed E-state index contributed by atoms with van der Waals surface area (Å²) in [4.78, 5) is 12.6. The van der Waals surface area contributed by atoms with Crippen LogP contribution >= 0.6 is 0 Å². The number of alkyl halides is 3. The Balaban J connectivity index is 2.17. The highest BCUT2D eigenvalue weighted by molar-refractivity contribution is 6.48. The lowest BCUT2D eigenvalue weighted by molar-refractivity contribution is -0.274. The third-order valence-electron chi connectivity index (χ3n) is 4.77. The Kier molecular flexibility index (Phi) is 9.80. The van der Waals surface area contributed by atoms with Crippen molar-refractivity contribution in [3.05, 3.63) is 47.5 Å². The van der Waals surface area contributed by atoms with E-state index in [2.05, 4.69) is 10.1 Å². The first-order chi connectivity index (χ1) is 16.6. The van der Waals surface area contributed by atoms with E-state index >= 15 is 0 Å². The Hall–Kier alpha value is -3.43. The molecule has 1 radical (unpaired) electrons. The van der Waals surface area contributed by atoms with Gasteiger partial charge in [0.1, 0.15) is 19.0 Å². The van der Waals surface area contributed by atoms with Gasteiger partial charge < -0.3 is 30.3 Å². The average molecular weight is 492 g/mol. The molecule has 0 aliphatic heterocycles. The molecule has 0 aromatic heterocycles. The summed E-state index contributed by atoms with van der Waals surface area (Å²) >= 11 is 0. The molecule has 0 heterocycles. The summed E-state index contributed by atoms with van der Waals surface area (Å²) in [6, 6.07) is 9.65. The number of nitrogens with zero attached hydrogens (tertiary/aromatic N) is 1. The van der Waals surface area contributed by atoms with Gasteiger partial charge in [-0.2, -0.15) is 5.26 Å². The summed E-state index contributed by atoms with van der Waals surface area (Å²) in [5, 5.41) is 22.0. The molecule has 0 aliphatic carbocycles.